The van der Waals surface area contributed by atoms with Gasteiger partial charge in [-0.25, -0.2) is 0 Å². The molecule has 0 fully saturated rings. The Kier molecular flexibility index (Phi) is 7.39. The van der Waals surface area contributed by atoms with Gasteiger partial charge < -0.3 is 15.4 Å². The Labute approximate surface area is 140 Å². The summed E-state index contributed by atoms with van der Waals surface area (Å²) in [5, 5.41) is 0. The first-order chi connectivity index (χ1) is 9.57. The number of methoxy groups -OCH3 is 1. The summed E-state index contributed by atoms with van der Waals surface area (Å²) >= 11 is 0. The highest BCUT2D eigenvalue weighted by Gasteiger charge is 2.29. The molecule has 0 saturated heterocycles. The minimum absolute atomic E-state index is 0. The quantitative estimate of drug-likeness (QED) is 0.924. The Hall–Kier alpha value is -1.26. The average molecular weight is 329 g/mol. The number of carbonyl (C=O) groups excluding carboxylic acids is 1. The zero-order valence-corrected chi connectivity index (χ0v) is 15.5. The van der Waals surface area contributed by atoms with Crippen LogP contribution in [0.15, 0.2) is 12.1 Å². The summed E-state index contributed by atoms with van der Waals surface area (Å²) in [7, 11) is 3.47. The minimum atomic E-state index is -0.497. The highest BCUT2D eigenvalue weighted by Crippen LogP contribution is 2.25. The third-order valence-electron chi connectivity index (χ3n) is 3.72. The van der Waals surface area contributed by atoms with Crippen molar-refractivity contribution >= 4 is 18.3 Å². The van der Waals surface area contributed by atoms with Gasteiger partial charge in [-0.2, -0.15) is 0 Å². The van der Waals surface area contributed by atoms with Gasteiger partial charge in [-0.3, -0.25) is 4.79 Å². The molecule has 0 aromatic heterocycles. The van der Waals surface area contributed by atoms with Gasteiger partial charge in [0.15, 0.2) is 0 Å². The van der Waals surface area contributed by atoms with Gasteiger partial charge >= 0.3 is 0 Å². The largest absolute Gasteiger partial charge is 0.496 e. The van der Waals surface area contributed by atoms with Crippen LogP contribution in [0.5, 0.6) is 5.75 Å². The number of hydrogen-bond acceptors (Lipinski definition) is 3. The summed E-state index contributed by atoms with van der Waals surface area (Å²) in [6.45, 7) is 10.5. The molecule has 0 unspecified atom stereocenters. The molecule has 0 radical (unpaired) electrons. The lowest BCUT2D eigenvalue weighted by atomic mass is 9.86. The molecule has 0 aliphatic heterocycles. The first kappa shape index (κ1) is 20.7. The standard InChI is InChI=1S/C17H28N2O2.ClH/c1-11-8-13(9-12(2)14(11)21-7)10-19(6)16(20)15(18)17(3,4)5;/h8-9,15H,10,18H2,1-7H3;1H/t15-;/m1./s1. The smallest absolute Gasteiger partial charge is 0.240 e. The van der Waals surface area contributed by atoms with E-state index in [2.05, 4.69) is 12.1 Å². The third kappa shape index (κ3) is 4.89. The van der Waals surface area contributed by atoms with Gasteiger partial charge in [-0.15, -0.1) is 12.4 Å². The molecule has 0 aliphatic carbocycles. The Balaban J connectivity index is 0.00000441. The molecule has 0 heterocycles. The second-order valence-corrected chi connectivity index (χ2v) is 6.80. The van der Waals surface area contributed by atoms with E-state index < -0.39 is 6.04 Å². The number of carbonyl (C=O) groups is 1. The number of aryl methyl sites for hydroxylation is 2. The molecule has 1 amide bonds. The molecular weight excluding hydrogens is 300 g/mol. The van der Waals surface area contributed by atoms with Crippen molar-refractivity contribution in [3.63, 3.8) is 0 Å². The Morgan fingerprint density at radius 2 is 1.73 bits per heavy atom. The maximum absolute atomic E-state index is 12.4. The molecular formula is C17H29ClN2O2. The molecule has 1 aromatic carbocycles. The van der Waals surface area contributed by atoms with Crippen LogP contribution in [0.2, 0.25) is 0 Å². The summed E-state index contributed by atoms with van der Waals surface area (Å²) in [4.78, 5) is 14.1. The van der Waals surface area contributed by atoms with E-state index in [4.69, 9.17) is 10.5 Å². The Morgan fingerprint density at radius 3 is 2.09 bits per heavy atom. The molecule has 5 heteroatoms. The number of nitrogens with two attached hydrogens (primary N) is 1. The van der Waals surface area contributed by atoms with E-state index in [1.807, 2.05) is 34.6 Å². The topological polar surface area (TPSA) is 55.6 Å². The lowest BCUT2D eigenvalue weighted by Crippen LogP contribution is -2.48. The first-order valence-corrected chi connectivity index (χ1v) is 7.22. The van der Waals surface area contributed by atoms with Crippen molar-refractivity contribution in [3.8, 4) is 5.75 Å². The van der Waals surface area contributed by atoms with Gasteiger partial charge in [0.2, 0.25) is 5.91 Å². The van der Waals surface area contributed by atoms with E-state index in [9.17, 15) is 4.79 Å². The molecule has 22 heavy (non-hydrogen) atoms. The lowest BCUT2D eigenvalue weighted by molar-refractivity contribution is -0.134. The van der Waals surface area contributed by atoms with Gasteiger partial charge in [0.05, 0.1) is 13.2 Å². The summed E-state index contributed by atoms with van der Waals surface area (Å²) in [6.07, 6.45) is 0. The van der Waals surface area contributed by atoms with Crippen LogP contribution in [0.1, 0.15) is 37.5 Å². The number of rotatable bonds is 4. The van der Waals surface area contributed by atoms with Crippen LogP contribution in [-0.4, -0.2) is 31.0 Å². The number of amides is 1. The lowest BCUT2D eigenvalue weighted by Gasteiger charge is -2.30. The van der Waals surface area contributed by atoms with Gasteiger partial charge in [0.1, 0.15) is 5.75 Å². The van der Waals surface area contributed by atoms with Crippen molar-refractivity contribution in [2.24, 2.45) is 11.1 Å². The van der Waals surface area contributed by atoms with E-state index in [1.54, 1.807) is 19.1 Å². The van der Waals surface area contributed by atoms with Crippen LogP contribution < -0.4 is 10.5 Å². The average Bonchev–Trinajstić information content (AvgIpc) is 2.35. The SMILES string of the molecule is COc1c(C)cc(CN(C)C(=O)[C@@H](N)C(C)(C)C)cc1C.Cl. The summed E-state index contributed by atoms with van der Waals surface area (Å²) in [5.41, 5.74) is 9.04. The van der Waals surface area contributed by atoms with Gasteiger partial charge in [0, 0.05) is 13.6 Å². The fourth-order valence-corrected chi connectivity index (χ4v) is 2.41. The summed E-state index contributed by atoms with van der Waals surface area (Å²) < 4.78 is 5.37. The number of hydrogen-bond donors (Lipinski definition) is 1. The van der Waals surface area contributed by atoms with E-state index >= 15 is 0 Å². The predicted octanol–water partition coefficient (Wildman–Crippen LogP) is 3.07. The van der Waals surface area contributed by atoms with Gasteiger partial charge in [-0.1, -0.05) is 32.9 Å². The van der Waals surface area contributed by atoms with E-state index in [0.29, 0.717) is 6.54 Å². The molecule has 0 spiro atoms. The molecule has 126 valence electrons. The van der Waals surface area contributed by atoms with Gasteiger partial charge in [0.25, 0.3) is 0 Å². The van der Waals surface area contributed by atoms with Crippen LogP contribution >= 0.6 is 12.4 Å². The zero-order chi connectivity index (χ0) is 16.4. The molecule has 0 saturated carbocycles. The van der Waals surface area contributed by atoms with Crippen molar-refractivity contribution in [1.29, 1.82) is 0 Å². The van der Waals surface area contributed by atoms with E-state index in [-0.39, 0.29) is 23.7 Å². The number of nitrogens with zero attached hydrogens (tertiary/aromatic N) is 1. The fraction of sp³-hybridized carbons (Fsp3) is 0.588. The molecule has 0 bridgehead atoms. The number of halogens is 1. The summed E-state index contributed by atoms with van der Waals surface area (Å²) in [5.74, 6) is 0.868. The number of ether oxygens (including phenoxy) is 1. The van der Waals surface area contributed by atoms with Crippen LogP contribution in [-0.2, 0) is 11.3 Å². The Morgan fingerprint density at radius 1 is 1.27 bits per heavy atom. The molecule has 1 atom stereocenters. The van der Waals surface area contributed by atoms with Crippen LogP contribution in [0.3, 0.4) is 0 Å². The molecule has 1 aromatic rings. The Bertz CT molecular complexity index is 501. The molecule has 0 aliphatic rings. The molecule has 4 nitrogen and oxygen atoms in total. The van der Waals surface area contributed by atoms with Gasteiger partial charge in [-0.05, 0) is 36.0 Å². The molecule has 2 N–H and O–H groups in total. The normalized spacial score (nSPS) is 12.4. The van der Waals surface area contributed by atoms with Crippen molar-refractivity contribution in [2.75, 3.05) is 14.2 Å². The van der Waals surface area contributed by atoms with E-state index in [0.717, 1.165) is 22.4 Å². The monoisotopic (exact) mass is 328 g/mol. The maximum Gasteiger partial charge on any atom is 0.240 e. The number of likely N-dealkylation sites (N-methyl/N-ethyl adjacent to an activating group) is 1. The third-order valence-corrected chi connectivity index (χ3v) is 3.72. The van der Waals surface area contributed by atoms with Crippen LogP contribution in [0.25, 0.3) is 0 Å². The molecule has 1 rings (SSSR count). The highest BCUT2D eigenvalue weighted by atomic mass is 35.5. The highest BCUT2D eigenvalue weighted by molar-refractivity contribution is 5.85. The maximum atomic E-state index is 12.4. The van der Waals surface area contributed by atoms with Crippen molar-refractivity contribution < 1.29 is 9.53 Å². The van der Waals surface area contributed by atoms with Crippen molar-refractivity contribution in [1.82, 2.24) is 4.90 Å². The van der Waals surface area contributed by atoms with Crippen molar-refractivity contribution in [3.05, 3.63) is 28.8 Å². The van der Waals surface area contributed by atoms with Crippen molar-refractivity contribution in [2.45, 2.75) is 47.2 Å². The number of benzene rings is 1. The summed E-state index contributed by atoms with van der Waals surface area (Å²) in [6, 6.07) is 3.61. The van der Waals surface area contributed by atoms with Crippen LogP contribution in [0.4, 0.5) is 0 Å². The second-order valence-electron chi connectivity index (χ2n) is 6.80. The fourth-order valence-electron chi connectivity index (χ4n) is 2.41. The predicted molar refractivity (Wildman–Crippen MR) is 93.6 cm³/mol. The van der Waals surface area contributed by atoms with Crippen LogP contribution in [0, 0.1) is 19.3 Å². The minimum Gasteiger partial charge on any atom is -0.496 e. The van der Waals surface area contributed by atoms with E-state index in [1.165, 1.54) is 0 Å². The first-order valence-electron chi connectivity index (χ1n) is 7.22. The zero-order valence-electron chi connectivity index (χ0n) is 14.7. The second kappa shape index (κ2) is 7.84.